The van der Waals surface area contributed by atoms with Crippen LogP contribution in [-0.4, -0.2) is 17.3 Å². The van der Waals surface area contributed by atoms with Gasteiger partial charge in [0.1, 0.15) is 5.78 Å². The fraction of sp³-hybridized carbons (Fsp3) is 0.571. The van der Waals surface area contributed by atoms with Gasteiger partial charge in [-0.05, 0) is 49.2 Å². The van der Waals surface area contributed by atoms with E-state index in [1.807, 2.05) is 6.08 Å². The van der Waals surface area contributed by atoms with Gasteiger partial charge in [-0.15, -0.1) is 12.3 Å². The third kappa shape index (κ3) is 1.83. The highest BCUT2D eigenvalue weighted by atomic mass is 16.1. The molecule has 0 aromatic heterocycles. The molecule has 124 valence electrons. The minimum Gasteiger partial charge on any atom is -0.299 e. The van der Waals surface area contributed by atoms with E-state index < -0.39 is 5.41 Å². The van der Waals surface area contributed by atoms with Crippen LogP contribution in [0.25, 0.3) is 0 Å². The Balaban J connectivity index is 1.82. The predicted octanol–water partition coefficient (Wildman–Crippen LogP) is 3.05. The molecule has 0 heterocycles. The molecule has 4 aliphatic carbocycles. The van der Waals surface area contributed by atoms with Crippen molar-refractivity contribution < 1.29 is 14.4 Å². The normalized spacial score (nSPS) is 43.6. The second kappa shape index (κ2) is 5.02. The SMILES string of the molecule is C#CCC12C=CC(=O)C=C1C(=O)C[C@@H]1[C@@H]2CC[C@]2(C)C(=O)CC[C@@H]12. The molecule has 0 radical (unpaired) electrons. The summed E-state index contributed by atoms with van der Waals surface area (Å²) in [6, 6.07) is 0. The zero-order chi connectivity index (χ0) is 17.1. The van der Waals surface area contributed by atoms with Gasteiger partial charge in [0, 0.05) is 35.7 Å². The van der Waals surface area contributed by atoms with Crippen molar-refractivity contribution in [3.63, 3.8) is 0 Å². The molecule has 4 rings (SSSR count). The Morgan fingerprint density at radius 1 is 1.25 bits per heavy atom. The first-order valence-electron chi connectivity index (χ1n) is 8.88. The number of fused-ring (bicyclic) bond motifs is 5. The zero-order valence-corrected chi connectivity index (χ0v) is 14.0. The monoisotopic (exact) mass is 322 g/mol. The van der Waals surface area contributed by atoms with Gasteiger partial charge in [-0.1, -0.05) is 13.0 Å². The van der Waals surface area contributed by atoms with Gasteiger partial charge >= 0.3 is 0 Å². The van der Waals surface area contributed by atoms with Crippen molar-refractivity contribution in [2.75, 3.05) is 0 Å². The molecule has 0 aliphatic heterocycles. The first kappa shape index (κ1) is 15.6. The van der Waals surface area contributed by atoms with Crippen molar-refractivity contribution in [3.8, 4) is 12.3 Å². The molecule has 5 atom stereocenters. The molecule has 0 amide bonds. The zero-order valence-electron chi connectivity index (χ0n) is 14.0. The van der Waals surface area contributed by atoms with Crippen LogP contribution in [0.1, 0.15) is 45.4 Å². The van der Waals surface area contributed by atoms with E-state index >= 15 is 0 Å². The molecule has 3 fully saturated rings. The molecule has 0 spiro atoms. The van der Waals surface area contributed by atoms with Crippen molar-refractivity contribution >= 4 is 17.3 Å². The second-order valence-corrected chi connectivity index (χ2v) is 8.14. The molecule has 0 aromatic rings. The highest BCUT2D eigenvalue weighted by Crippen LogP contribution is 2.63. The number of allylic oxidation sites excluding steroid dienone is 4. The number of hydrogen-bond donors (Lipinski definition) is 0. The molecule has 4 aliphatic rings. The van der Waals surface area contributed by atoms with E-state index in [4.69, 9.17) is 6.42 Å². The molecule has 0 aromatic carbocycles. The molecule has 0 bridgehead atoms. The number of rotatable bonds is 1. The van der Waals surface area contributed by atoms with Crippen molar-refractivity contribution in [1.82, 2.24) is 0 Å². The lowest BCUT2D eigenvalue weighted by Gasteiger charge is -2.55. The van der Waals surface area contributed by atoms with Crippen molar-refractivity contribution in [2.24, 2.45) is 28.6 Å². The quantitative estimate of drug-likeness (QED) is 0.697. The average molecular weight is 322 g/mol. The van der Waals surface area contributed by atoms with Gasteiger partial charge in [-0.3, -0.25) is 14.4 Å². The average Bonchev–Trinajstić information content (AvgIpc) is 2.85. The summed E-state index contributed by atoms with van der Waals surface area (Å²) in [5.74, 6) is 3.77. The van der Waals surface area contributed by atoms with E-state index in [2.05, 4.69) is 12.8 Å². The molecule has 3 saturated carbocycles. The van der Waals surface area contributed by atoms with Gasteiger partial charge < -0.3 is 0 Å². The van der Waals surface area contributed by atoms with E-state index in [1.54, 1.807) is 6.08 Å². The van der Waals surface area contributed by atoms with Crippen LogP contribution in [0.4, 0.5) is 0 Å². The van der Waals surface area contributed by atoms with E-state index in [0.717, 1.165) is 19.3 Å². The third-order valence-corrected chi connectivity index (χ3v) is 7.26. The smallest absolute Gasteiger partial charge is 0.178 e. The summed E-state index contributed by atoms with van der Waals surface area (Å²) in [5.41, 5.74) is -0.161. The van der Waals surface area contributed by atoms with Gasteiger partial charge in [0.05, 0.1) is 0 Å². The highest BCUT2D eigenvalue weighted by molar-refractivity contribution is 6.10. The Kier molecular flexibility index (Phi) is 3.26. The van der Waals surface area contributed by atoms with Crippen LogP contribution in [0, 0.1) is 40.9 Å². The van der Waals surface area contributed by atoms with E-state index in [0.29, 0.717) is 30.6 Å². The lowest BCUT2D eigenvalue weighted by atomic mass is 9.47. The van der Waals surface area contributed by atoms with Gasteiger partial charge in [0.2, 0.25) is 0 Å². The highest BCUT2D eigenvalue weighted by Gasteiger charge is 2.61. The van der Waals surface area contributed by atoms with Crippen LogP contribution in [0.15, 0.2) is 23.8 Å². The maximum absolute atomic E-state index is 12.9. The maximum Gasteiger partial charge on any atom is 0.178 e. The lowest BCUT2D eigenvalue weighted by Crippen LogP contribution is -2.53. The Bertz CT molecular complexity index is 750. The number of carbonyl (C=O) groups is 3. The van der Waals surface area contributed by atoms with Crippen LogP contribution in [0.2, 0.25) is 0 Å². The van der Waals surface area contributed by atoms with Crippen LogP contribution < -0.4 is 0 Å². The number of ketones is 3. The molecular weight excluding hydrogens is 300 g/mol. The fourth-order valence-corrected chi connectivity index (χ4v) is 6.07. The van der Waals surface area contributed by atoms with Crippen LogP contribution >= 0.6 is 0 Å². The van der Waals surface area contributed by atoms with E-state index in [1.165, 1.54) is 6.08 Å². The van der Waals surface area contributed by atoms with Gasteiger partial charge in [0.15, 0.2) is 11.6 Å². The minimum absolute atomic E-state index is 0.0489. The topological polar surface area (TPSA) is 51.2 Å². The first-order valence-corrected chi connectivity index (χ1v) is 8.88. The fourth-order valence-electron chi connectivity index (χ4n) is 6.07. The van der Waals surface area contributed by atoms with Crippen molar-refractivity contribution in [3.05, 3.63) is 23.8 Å². The summed E-state index contributed by atoms with van der Waals surface area (Å²) in [4.78, 5) is 37.1. The predicted molar refractivity (Wildman–Crippen MR) is 89.8 cm³/mol. The summed E-state index contributed by atoms with van der Waals surface area (Å²) < 4.78 is 0. The van der Waals surface area contributed by atoms with Gasteiger partial charge in [-0.25, -0.2) is 0 Å². The van der Waals surface area contributed by atoms with Crippen LogP contribution in [0.5, 0.6) is 0 Å². The van der Waals surface area contributed by atoms with Gasteiger partial charge in [-0.2, -0.15) is 0 Å². The van der Waals surface area contributed by atoms with Crippen LogP contribution in [-0.2, 0) is 14.4 Å². The molecule has 24 heavy (non-hydrogen) atoms. The third-order valence-electron chi connectivity index (χ3n) is 7.26. The number of Topliss-reactive ketones (excluding diaryl/α,β-unsaturated/α-hetero) is 2. The van der Waals surface area contributed by atoms with E-state index in [9.17, 15) is 14.4 Å². The largest absolute Gasteiger partial charge is 0.299 e. The summed E-state index contributed by atoms with van der Waals surface area (Å²) >= 11 is 0. The number of carbonyl (C=O) groups excluding carboxylic acids is 3. The van der Waals surface area contributed by atoms with Crippen LogP contribution in [0.3, 0.4) is 0 Å². The second-order valence-electron chi connectivity index (χ2n) is 8.14. The molecule has 1 unspecified atom stereocenters. The summed E-state index contributed by atoms with van der Waals surface area (Å²) in [5, 5.41) is 0. The Morgan fingerprint density at radius 3 is 2.79 bits per heavy atom. The molecule has 3 nitrogen and oxygen atoms in total. The lowest BCUT2D eigenvalue weighted by molar-refractivity contribution is -0.136. The van der Waals surface area contributed by atoms with Gasteiger partial charge in [0.25, 0.3) is 0 Å². The first-order chi connectivity index (χ1) is 11.4. The summed E-state index contributed by atoms with van der Waals surface area (Å²) in [7, 11) is 0. The molecular formula is C21H22O3. The standard InChI is InChI=1S/C21H22O3/c1-3-8-21-10-6-13(22)11-17(21)18(23)12-14-15-4-5-19(24)20(15,2)9-7-16(14)21/h1,6,10-11,14-16H,4-5,7-9,12H2,2H3/t14-,15-,16-,20-,21?/m0/s1. The Morgan fingerprint density at radius 2 is 2.04 bits per heavy atom. The van der Waals surface area contributed by atoms with Crippen molar-refractivity contribution in [2.45, 2.75) is 45.4 Å². The Labute approximate surface area is 142 Å². The summed E-state index contributed by atoms with van der Waals surface area (Å²) in [6.07, 6.45) is 14.8. The minimum atomic E-state index is -0.504. The number of terminal acetylenes is 1. The van der Waals surface area contributed by atoms with Crippen molar-refractivity contribution in [1.29, 1.82) is 0 Å². The molecule has 0 N–H and O–H groups in total. The number of hydrogen-bond acceptors (Lipinski definition) is 3. The molecule has 3 heteroatoms. The summed E-state index contributed by atoms with van der Waals surface area (Å²) in [6.45, 7) is 2.09. The Hall–Kier alpha value is -1.95. The van der Waals surface area contributed by atoms with E-state index in [-0.39, 0.29) is 34.7 Å². The maximum atomic E-state index is 12.9. The molecule has 0 saturated heterocycles.